The first-order valence-electron chi connectivity index (χ1n) is 8.89. The quantitative estimate of drug-likeness (QED) is 0.773. The lowest BCUT2D eigenvalue weighted by atomic mass is 9.94. The number of nitrogens with one attached hydrogen (secondary N) is 1. The van der Waals surface area contributed by atoms with Gasteiger partial charge >= 0.3 is 0 Å². The first-order valence-corrected chi connectivity index (χ1v) is 8.89. The summed E-state index contributed by atoms with van der Waals surface area (Å²) in [6, 6.07) is 7.61. The van der Waals surface area contributed by atoms with Gasteiger partial charge in [-0.1, -0.05) is 12.1 Å². The van der Waals surface area contributed by atoms with Crippen LogP contribution in [0.15, 0.2) is 24.3 Å². The molecule has 3 aliphatic rings. The second kappa shape index (κ2) is 7.57. The Kier molecular flexibility index (Phi) is 5.21. The van der Waals surface area contributed by atoms with Gasteiger partial charge in [0.15, 0.2) is 6.29 Å². The van der Waals surface area contributed by atoms with Crippen LogP contribution in [0, 0.1) is 0 Å². The Morgan fingerprint density at radius 1 is 1.24 bits per heavy atom. The number of rotatable bonds is 5. The van der Waals surface area contributed by atoms with Crippen LogP contribution in [0.4, 0.5) is 0 Å². The molecule has 1 aromatic carbocycles. The molecule has 0 spiro atoms. The molecule has 0 aliphatic carbocycles. The number of morpholine rings is 1. The van der Waals surface area contributed by atoms with Crippen LogP contribution >= 0.6 is 0 Å². The van der Waals surface area contributed by atoms with Gasteiger partial charge in [0.2, 0.25) is 0 Å². The van der Waals surface area contributed by atoms with E-state index in [1.807, 2.05) is 24.3 Å². The van der Waals surface area contributed by atoms with Crippen LogP contribution in [-0.4, -0.2) is 80.6 Å². The highest BCUT2D eigenvalue weighted by atomic mass is 16.7. The van der Waals surface area contributed by atoms with Gasteiger partial charge in [0.25, 0.3) is 0 Å². The number of ether oxygens (including phenoxy) is 4. The van der Waals surface area contributed by atoms with Crippen molar-refractivity contribution in [2.75, 3.05) is 40.0 Å². The molecule has 7 nitrogen and oxygen atoms in total. The van der Waals surface area contributed by atoms with E-state index in [0.29, 0.717) is 26.4 Å². The van der Waals surface area contributed by atoms with E-state index in [4.69, 9.17) is 18.9 Å². The highest BCUT2D eigenvalue weighted by Crippen LogP contribution is 2.32. The molecule has 5 atom stereocenters. The van der Waals surface area contributed by atoms with E-state index in [1.54, 1.807) is 7.11 Å². The second-order valence-electron chi connectivity index (χ2n) is 6.76. The summed E-state index contributed by atoms with van der Waals surface area (Å²) in [6.07, 6.45) is -1.00. The molecule has 2 N–H and O–H groups in total. The summed E-state index contributed by atoms with van der Waals surface area (Å²) in [5.41, 5.74) is 1.14. The third-order valence-electron chi connectivity index (χ3n) is 5.30. The number of hydrogen-bond donors (Lipinski definition) is 2. The SMILES string of the molecule is COc1ccc(CN[C@@H]2[C@H](O)[C@@H](N3CCOCC3)[C@@H]3OC[C@@H]2O3)cc1. The Hall–Kier alpha value is -1.22. The van der Waals surface area contributed by atoms with Crippen molar-refractivity contribution < 1.29 is 24.1 Å². The zero-order valence-corrected chi connectivity index (χ0v) is 14.5. The van der Waals surface area contributed by atoms with Gasteiger partial charge in [0.1, 0.15) is 11.9 Å². The summed E-state index contributed by atoms with van der Waals surface area (Å²) in [6.45, 7) is 4.13. The molecule has 3 saturated heterocycles. The summed E-state index contributed by atoms with van der Waals surface area (Å²) in [4.78, 5) is 2.22. The number of aliphatic hydroxyl groups is 1. The maximum absolute atomic E-state index is 11.0. The van der Waals surface area contributed by atoms with Gasteiger partial charge in [-0.25, -0.2) is 0 Å². The van der Waals surface area contributed by atoms with E-state index in [-0.39, 0.29) is 24.5 Å². The minimum atomic E-state index is -0.539. The van der Waals surface area contributed by atoms with Crippen LogP contribution in [0.25, 0.3) is 0 Å². The van der Waals surface area contributed by atoms with E-state index >= 15 is 0 Å². The van der Waals surface area contributed by atoms with Crippen LogP contribution in [-0.2, 0) is 20.8 Å². The van der Waals surface area contributed by atoms with Gasteiger partial charge in [-0.05, 0) is 17.7 Å². The first-order chi connectivity index (χ1) is 12.3. The maximum atomic E-state index is 11.0. The van der Waals surface area contributed by atoms with Crippen molar-refractivity contribution in [2.45, 2.75) is 37.1 Å². The fourth-order valence-electron chi connectivity index (χ4n) is 3.90. The fourth-order valence-corrected chi connectivity index (χ4v) is 3.90. The molecule has 0 amide bonds. The molecule has 0 radical (unpaired) electrons. The minimum absolute atomic E-state index is 0.115. The van der Waals surface area contributed by atoms with Gasteiger partial charge < -0.3 is 29.4 Å². The van der Waals surface area contributed by atoms with Crippen LogP contribution < -0.4 is 10.1 Å². The van der Waals surface area contributed by atoms with Gasteiger partial charge in [0, 0.05) is 19.6 Å². The summed E-state index contributed by atoms with van der Waals surface area (Å²) in [7, 11) is 1.66. The fraction of sp³-hybridized carbons (Fsp3) is 0.667. The van der Waals surface area contributed by atoms with E-state index in [0.717, 1.165) is 24.4 Å². The van der Waals surface area contributed by atoms with Crippen molar-refractivity contribution in [1.82, 2.24) is 10.2 Å². The molecule has 25 heavy (non-hydrogen) atoms. The molecule has 3 aliphatic heterocycles. The number of benzene rings is 1. The predicted octanol–water partition coefficient (Wildman–Crippen LogP) is -0.0298. The van der Waals surface area contributed by atoms with Crippen LogP contribution in [0.5, 0.6) is 5.75 Å². The van der Waals surface area contributed by atoms with Crippen molar-refractivity contribution in [1.29, 1.82) is 0 Å². The zero-order chi connectivity index (χ0) is 17.2. The molecule has 0 aromatic heterocycles. The molecule has 138 valence electrons. The smallest absolute Gasteiger partial charge is 0.176 e. The van der Waals surface area contributed by atoms with E-state index in [1.165, 1.54) is 0 Å². The minimum Gasteiger partial charge on any atom is -0.497 e. The Balaban J connectivity index is 1.42. The molecule has 4 rings (SSSR count). The Morgan fingerprint density at radius 3 is 2.72 bits per heavy atom. The second-order valence-corrected chi connectivity index (χ2v) is 6.76. The summed E-state index contributed by atoms with van der Waals surface area (Å²) in [5.74, 6) is 0.837. The third-order valence-corrected chi connectivity index (χ3v) is 5.30. The number of nitrogens with zero attached hydrogens (tertiary/aromatic N) is 1. The zero-order valence-electron chi connectivity index (χ0n) is 14.5. The van der Waals surface area contributed by atoms with Crippen molar-refractivity contribution >= 4 is 0 Å². The maximum Gasteiger partial charge on any atom is 0.176 e. The van der Waals surface area contributed by atoms with Crippen LogP contribution in [0.2, 0.25) is 0 Å². The molecule has 7 heteroatoms. The third kappa shape index (κ3) is 3.53. The van der Waals surface area contributed by atoms with Crippen molar-refractivity contribution in [3.05, 3.63) is 29.8 Å². The lowest BCUT2D eigenvalue weighted by Crippen LogP contribution is -2.65. The summed E-state index contributed by atoms with van der Waals surface area (Å²) < 4.78 is 22.4. The number of fused-ring (bicyclic) bond motifs is 2. The molecule has 0 unspecified atom stereocenters. The first kappa shape index (κ1) is 17.2. The standard InChI is InChI=1S/C18H26N2O5/c1-22-13-4-2-12(3-5-13)10-19-15-14-11-24-18(25-14)16(17(15)21)20-6-8-23-9-7-20/h2-5,14-19,21H,6-11H2,1H3/t14-,15-,16+,17-,18+/m0/s1. The molecule has 3 fully saturated rings. The normalized spacial score (nSPS) is 35.7. The lowest BCUT2D eigenvalue weighted by Gasteiger charge is -2.45. The summed E-state index contributed by atoms with van der Waals surface area (Å²) in [5, 5.41) is 14.5. The van der Waals surface area contributed by atoms with Crippen molar-refractivity contribution in [3.8, 4) is 5.75 Å². The van der Waals surface area contributed by atoms with E-state index in [9.17, 15) is 5.11 Å². The highest BCUT2D eigenvalue weighted by Gasteiger charge is 2.52. The average Bonchev–Trinajstić information content (AvgIpc) is 3.08. The van der Waals surface area contributed by atoms with Crippen LogP contribution in [0.1, 0.15) is 5.56 Å². The summed E-state index contributed by atoms with van der Waals surface area (Å²) >= 11 is 0. The predicted molar refractivity (Wildman–Crippen MR) is 90.4 cm³/mol. The largest absolute Gasteiger partial charge is 0.497 e. The van der Waals surface area contributed by atoms with Crippen molar-refractivity contribution in [2.24, 2.45) is 0 Å². The van der Waals surface area contributed by atoms with E-state index < -0.39 is 6.10 Å². The van der Waals surface area contributed by atoms with Gasteiger partial charge in [0.05, 0.1) is 45.1 Å². The molecule has 0 saturated carbocycles. The van der Waals surface area contributed by atoms with E-state index in [2.05, 4.69) is 10.2 Å². The lowest BCUT2D eigenvalue weighted by molar-refractivity contribution is -0.191. The Labute approximate surface area is 147 Å². The molecule has 1 aromatic rings. The highest BCUT2D eigenvalue weighted by molar-refractivity contribution is 5.27. The van der Waals surface area contributed by atoms with Crippen molar-refractivity contribution in [3.63, 3.8) is 0 Å². The number of hydrogen-bond acceptors (Lipinski definition) is 7. The molecule has 2 bridgehead atoms. The van der Waals surface area contributed by atoms with Crippen LogP contribution in [0.3, 0.4) is 0 Å². The van der Waals surface area contributed by atoms with Gasteiger partial charge in [-0.15, -0.1) is 0 Å². The molecule has 3 heterocycles. The molecular weight excluding hydrogens is 324 g/mol. The monoisotopic (exact) mass is 350 g/mol. The number of aliphatic hydroxyl groups excluding tert-OH is 1. The van der Waals surface area contributed by atoms with Gasteiger partial charge in [-0.2, -0.15) is 0 Å². The van der Waals surface area contributed by atoms with Gasteiger partial charge in [-0.3, -0.25) is 4.90 Å². The molecular formula is C18H26N2O5. The Morgan fingerprint density at radius 2 is 2.00 bits per heavy atom. The number of methoxy groups -OCH3 is 1. The topological polar surface area (TPSA) is 72.4 Å². The average molecular weight is 350 g/mol. The Bertz CT molecular complexity index is 563.